The molecule has 0 fully saturated rings. The number of sulfonamides is 1. The van der Waals surface area contributed by atoms with Gasteiger partial charge in [0, 0.05) is 17.4 Å². The van der Waals surface area contributed by atoms with Crippen molar-refractivity contribution in [1.82, 2.24) is 9.97 Å². The van der Waals surface area contributed by atoms with Gasteiger partial charge in [-0.3, -0.25) is 9.52 Å². The molecule has 0 saturated heterocycles. The van der Waals surface area contributed by atoms with Crippen LogP contribution in [0, 0.1) is 22.7 Å². The van der Waals surface area contributed by atoms with Crippen LogP contribution < -0.4 is 15.8 Å². The SMILES string of the molecule is CCC(Sc1nc(N)c(C#N)c(-c2ccccc2)c1C#N)C(=O)Nc1ccc(S(=O)(=O)Nc2ccccn2)cc1. The molecule has 4 aromatic rings. The van der Waals surface area contributed by atoms with E-state index in [1.54, 1.807) is 36.4 Å². The molecule has 0 aliphatic rings. The summed E-state index contributed by atoms with van der Waals surface area (Å²) in [7, 11) is -3.87. The van der Waals surface area contributed by atoms with E-state index in [0.717, 1.165) is 11.8 Å². The fourth-order valence-corrected chi connectivity index (χ4v) is 5.82. The second-order valence-electron chi connectivity index (χ2n) is 8.37. The third kappa shape index (κ3) is 6.21. The first-order chi connectivity index (χ1) is 19.3. The number of aromatic nitrogens is 2. The molecule has 2 heterocycles. The fraction of sp³-hybridized carbons (Fsp3) is 0.107. The molecule has 1 amide bonds. The normalized spacial score (nSPS) is 11.6. The number of nitrogens with two attached hydrogens (primary N) is 1. The molecule has 0 spiro atoms. The summed E-state index contributed by atoms with van der Waals surface area (Å²) in [5.41, 5.74) is 7.73. The molecule has 4 N–H and O–H groups in total. The Labute approximate surface area is 236 Å². The van der Waals surface area contributed by atoms with E-state index in [2.05, 4.69) is 26.1 Å². The van der Waals surface area contributed by atoms with E-state index in [9.17, 15) is 23.7 Å². The summed E-state index contributed by atoms with van der Waals surface area (Å²) < 4.78 is 27.7. The first kappa shape index (κ1) is 28.1. The molecule has 1 atom stereocenters. The van der Waals surface area contributed by atoms with Crippen molar-refractivity contribution in [3.63, 3.8) is 0 Å². The second-order valence-corrected chi connectivity index (χ2v) is 11.2. The van der Waals surface area contributed by atoms with Crippen LogP contribution in [0.3, 0.4) is 0 Å². The van der Waals surface area contributed by atoms with E-state index >= 15 is 0 Å². The monoisotopic (exact) mass is 569 g/mol. The molecule has 0 saturated carbocycles. The van der Waals surface area contributed by atoms with E-state index < -0.39 is 15.3 Å². The number of nitrogens with one attached hydrogen (secondary N) is 2. The maximum absolute atomic E-state index is 13.2. The zero-order valence-corrected chi connectivity index (χ0v) is 22.8. The minimum atomic E-state index is -3.87. The van der Waals surface area contributed by atoms with Gasteiger partial charge in [0.1, 0.15) is 34.4 Å². The van der Waals surface area contributed by atoms with Crippen molar-refractivity contribution in [3.8, 4) is 23.3 Å². The van der Waals surface area contributed by atoms with Gasteiger partial charge in [0.25, 0.3) is 10.0 Å². The number of nitriles is 2. The average molecular weight is 570 g/mol. The molecule has 10 nitrogen and oxygen atoms in total. The first-order valence-electron chi connectivity index (χ1n) is 12.0. The van der Waals surface area contributed by atoms with Crippen molar-refractivity contribution in [3.05, 3.63) is 90.1 Å². The highest BCUT2D eigenvalue weighted by Crippen LogP contribution is 2.37. The number of hydrogen-bond donors (Lipinski definition) is 3. The molecule has 2 aromatic heterocycles. The van der Waals surface area contributed by atoms with Crippen LogP contribution in [0.5, 0.6) is 0 Å². The van der Waals surface area contributed by atoms with Crippen molar-refractivity contribution in [2.24, 2.45) is 0 Å². The van der Waals surface area contributed by atoms with Crippen molar-refractivity contribution in [2.75, 3.05) is 15.8 Å². The first-order valence-corrected chi connectivity index (χ1v) is 14.3. The van der Waals surface area contributed by atoms with Crippen LogP contribution in [0.1, 0.15) is 24.5 Å². The lowest BCUT2D eigenvalue weighted by Crippen LogP contribution is -2.25. The number of hydrogen-bond acceptors (Lipinski definition) is 9. The number of rotatable bonds is 9. The van der Waals surface area contributed by atoms with Gasteiger partial charge in [0.15, 0.2) is 0 Å². The lowest BCUT2D eigenvalue weighted by atomic mass is 9.97. The summed E-state index contributed by atoms with van der Waals surface area (Å²) in [6.45, 7) is 1.81. The van der Waals surface area contributed by atoms with Gasteiger partial charge in [0.05, 0.1) is 15.7 Å². The summed E-state index contributed by atoms with van der Waals surface area (Å²) in [4.78, 5) is 21.4. The predicted octanol–water partition coefficient (Wildman–Crippen LogP) is 4.78. The van der Waals surface area contributed by atoms with E-state index in [4.69, 9.17) is 5.73 Å². The lowest BCUT2D eigenvalue weighted by molar-refractivity contribution is -0.115. The second kappa shape index (κ2) is 12.3. The molecule has 1 unspecified atom stereocenters. The molecule has 4 rings (SSSR count). The van der Waals surface area contributed by atoms with E-state index in [1.165, 1.54) is 36.5 Å². The van der Waals surface area contributed by atoms with Crippen molar-refractivity contribution >= 4 is 45.0 Å². The van der Waals surface area contributed by atoms with Crippen LogP contribution in [0.15, 0.2) is 88.9 Å². The highest BCUT2D eigenvalue weighted by molar-refractivity contribution is 8.00. The molecule has 0 aliphatic carbocycles. The highest BCUT2D eigenvalue weighted by Gasteiger charge is 2.25. The Bertz CT molecular complexity index is 1720. The van der Waals surface area contributed by atoms with Gasteiger partial charge in [-0.1, -0.05) is 55.1 Å². The number of amides is 1. The molecule has 40 heavy (non-hydrogen) atoms. The number of nitrogen functional groups attached to an aromatic ring is 1. The lowest BCUT2D eigenvalue weighted by Gasteiger charge is -2.17. The molecule has 0 radical (unpaired) electrons. The van der Waals surface area contributed by atoms with Gasteiger partial charge in [0.2, 0.25) is 5.91 Å². The number of benzene rings is 2. The largest absolute Gasteiger partial charge is 0.383 e. The van der Waals surface area contributed by atoms with Crippen LogP contribution in [0.4, 0.5) is 17.3 Å². The number of pyridine rings is 2. The Kier molecular flexibility index (Phi) is 8.64. The molecular formula is C28H23N7O3S2. The maximum Gasteiger partial charge on any atom is 0.263 e. The Hall–Kier alpha value is -4.91. The van der Waals surface area contributed by atoms with E-state index in [0.29, 0.717) is 23.2 Å². The van der Waals surface area contributed by atoms with Gasteiger partial charge in [-0.05, 0) is 48.4 Å². The standard InChI is InChI=1S/C28H23N7O3S2/c1-2-23(39-28-22(17-30)25(18-8-4-3-5-9-18)21(16-29)26(31)34-28)27(36)33-19-11-13-20(14-12-19)40(37,38)35-24-10-6-7-15-32-24/h3-15,23H,2H2,1H3,(H2,31,34)(H,32,35)(H,33,36). The third-order valence-electron chi connectivity index (χ3n) is 5.73. The number of carbonyl (C=O) groups is 1. The smallest absolute Gasteiger partial charge is 0.263 e. The van der Waals surface area contributed by atoms with Crippen molar-refractivity contribution < 1.29 is 13.2 Å². The highest BCUT2D eigenvalue weighted by atomic mass is 32.2. The van der Waals surface area contributed by atoms with Crippen LogP contribution in [0.25, 0.3) is 11.1 Å². The topological polar surface area (TPSA) is 175 Å². The maximum atomic E-state index is 13.2. The zero-order chi connectivity index (χ0) is 28.7. The van der Waals surface area contributed by atoms with Crippen molar-refractivity contribution in [1.29, 1.82) is 10.5 Å². The van der Waals surface area contributed by atoms with Crippen LogP contribution >= 0.6 is 11.8 Å². The molecule has 200 valence electrons. The average Bonchev–Trinajstić information content (AvgIpc) is 2.96. The van der Waals surface area contributed by atoms with E-state index in [1.807, 2.05) is 19.1 Å². The number of carbonyl (C=O) groups excluding carboxylic acids is 1. The van der Waals surface area contributed by atoms with Crippen molar-refractivity contribution in [2.45, 2.75) is 28.5 Å². The van der Waals surface area contributed by atoms with Crippen LogP contribution in [0.2, 0.25) is 0 Å². The minimum absolute atomic E-state index is 0.00179. The molecular weight excluding hydrogens is 546 g/mol. The molecule has 2 aromatic carbocycles. The predicted molar refractivity (Wildman–Crippen MR) is 154 cm³/mol. The summed E-state index contributed by atoms with van der Waals surface area (Å²) >= 11 is 1.07. The van der Waals surface area contributed by atoms with Gasteiger partial charge in [-0.25, -0.2) is 18.4 Å². The summed E-state index contributed by atoms with van der Waals surface area (Å²) in [5, 5.41) is 22.1. The van der Waals surface area contributed by atoms with Gasteiger partial charge < -0.3 is 11.1 Å². The number of thioether (sulfide) groups is 1. The summed E-state index contributed by atoms with van der Waals surface area (Å²) in [6, 6.07) is 23.7. The molecule has 0 bridgehead atoms. The Morgan fingerprint density at radius 3 is 2.27 bits per heavy atom. The fourth-order valence-electron chi connectivity index (χ4n) is 3.79. The van der Waals surface area contributed by atoms with Gasteiger partial charge >= 0.3 is 0 Å². The zero-order valence-electron chi connectivity index (χ0n) is 21.2. The minimum Gasteiger partial charge on any atom is -0.383 e. The number of nitrogens with zero attached hydrogens (tertiary/aromatic N) is 4. The third-order valence-corrected chi connectivity index (χ3v) is 8.45. The van der Waals surface area contributed by atoms with E-state index in [-0.39, 0.29) is 38.6 Å². The number of anilines is 3. The van der Waals surface area contributed by atoms with Crippen LogP contribution in [-0.2, 0) is 14.8 Å². The van der Waals surface area contributed by atoms with Crippen LogP contribution in [-0.4, -0.2) is 29.5 Å². The Morgan fingerprint density at radius 2 is 1.68 bits per heavy atom. The van der Waals surface area contributed by atoms with Gasteiger partial charge in [-0.2, -0.15) is 10.5 Å². The van der Waals surface area contributed by atoms with Gasteiger partial charge in [-0.15, -0.1) is 0 Å². The molecule has 12 heteroatoms. The quantitative estimate of drug-likeness (QED) is 0.240. The summed E-state index contributed by atoms with van der Waals surface area (Å²) in [5.74, 6) is -0.217. The summed E-state index contributed by atoms with van der Waals surface area (Å²) in [6.07, 6.45) is 1.87. The Morgan fingerprint density at radius 1 is 1.00 bits per heavy atom. The Balaban J connectivity index is 1.55. The molecule has 0 aliphatic heterocycles.